The van der Waals surface area contributed by atoms with Crippen LogP contribution in [-0.4, -0.2) is 64.1 Å². The highest BCUT2D eigenvalue weighted by Gasteiger charge is 2.34. The number of benzene rings is 1. The molecule has 0 radical (unpaired) electrons. The van der Waals surface area contributed by atoms with E-state index < -0.39 is 28.1 Å². The van der Waals surface area contributed by atoms with Crippen molar-refractivity contribution < 1.29 is 27.5 Å². The SMILES string of the molecule is CCCNC(=O)C(=O)NC[C@H]1OCCCN1S(=O)(=O)c1ccc(OC)cc1. The first-order chi connectivity index (χ1) is 12.9. The van der Waals surface area contributed by atoms with Gasteiger partial charge in [0.1, 0.15) is 12.0 Å². The molecule has 1 aromatic carbocycles. The zero-order valence-electron chi connectivity index (χ0n) is 15.4. The third kappa shape index (κ3) is 5.41. The quantitative estimate of drug-likeness (QED) is 0.628. The van der Waals surface area contributed by atoms with Crippen LogP contribution in [0, 0.1) is 0 Å². The lowest BCUT2D eigenvalue weighted by atomic mass is 10.3. The Bertz CT molecular complexity index is 750. The van der Waals surface area contributed by atoms with Gasteiger partial charge in [-0.1, -0.05) is 6.92 Å². The Morgan fingerprint density at radius 3 is 2.52 bits per heavy atom. The third-order valence-electron chi connectivity index (χ3n) is 4.00. The van der Waals surface area contributed by atoms with Crippen LogP contribution in [0.25, 0.3) is 0 Å². The number of hydrogen-bond acceptors (Lipinski definition) is 6. The summed E-state index contributed by atoms with van der Waals surface area (Å²) in [5, 5.41) is 4.89. The second-order valence-electron chi connectivity index (χ2n) is 5.94. The van der Waals surface area contributed by atoms with E-state index >= 15 is 0 Å². The van der Waals surface area contributed by atoms with E-state index in [9.17, 15) is 18.0 Å². The summed E-state index contributed by atoms with van der Waals surface area (Å²) in [5.74, 6) is -1.03. The van der Waals surface area contributed by atoms with Gasteiger partial charge in [-0.2, -0.15) is 4.31 Å². The molecule has 0 spiro atoms. The van der Waals surface area contributed by atoms with Crippen LogP contribution in [0.15, 0.2) is 29.2 Å². The normalized spacial score (nSPS) is 17.9. The Hall–Kier alpha value is -2.17. The summed E-state index contributed by atoms with van der Waals surface area (Å²) in [7, 11) is -2.32. The number of ether oxygens (including phenoxy) is 2. The third-order valence-corrected chi connectivity index (χ3v) is 5.90. The van der Waals surface area contributed by atoms with Crippen molar-refractivity contribution in [3.8, 4) is 5.75 Å². The van der Waals surface area contributed by atoms with Gasteiger partial charge in [-0.05, 0) is 37.1 Å². The molecule has 0 aromatic heterocycles. The topological polar surface area (TPSA) is 114 Å². The van der Waals surface area contributed by atoms with Crippen molar-refractivity contribution in [2.45, 2.75) is 30.9 Å². The number of nitrogens with zero attached hydrogens (tertiary/aromatic N) is 1. The van der Waals surface area contributed by atoms with Crippen LogP contribution in [0.1, 0.15) is 19.8 Å². The predicted molar refractivity (Wildman–Crippen MR) is 97.6 cm³/mol. The minimum atomic E-state index is -3.82. The molecular weight excluding hydrogens is 374 g/mol. The smallest absolute Gasteiger partial charge is 0.309 e. The first-order valence-electron chi connectivity index (χ1n) is 8.73. The van der Waals surface area contributed by atoms with Crippen molar-refractivity contribution in [3.63, 3.8) is 0 Å². The lowest BCUT2D eigenvalue weighted by Gasteiger charge is -2.34. The lowest BCUT2D eigenvalue weighted by molar-refractivity contribution is -0.140. The molecule has 27 heavy (non-hydrogen) atoms. The van der Waals surface area contributed by atoms with E-state index in [1.165, 1.54) is 23.5 Å². The van der Waals surface area contributed by atoms with Gasteiger partial charge in [0.25, 0.3) is 0 Å². The standard InChI is InChI=1S/C17H25N3O6S/c1-3-9-18-16(21)17(22)19-12-15-20(10-4-11-26-15)27(23,24)14-7-5-13(25-2)6-8-14/h5-8,15H,3-4,9-12H2,1-2H3,(H,18,21)(H,19,22)/t15-/m1/s1. The van der Waals surface area contributed by atoms with Gasteiger partial charge >= 0.3 is 11.8 Å². The number of sulfonamides is 1. The summed E-state index contributed by atoms with van der Waals surface area (Å²) in [5.41, 5.74) is 0. The van der Waals surface area contributed by atoms with Crippen molar-refractivity contribution in [2.24, 2.45) is 0 Å². The van der Waals surface area contributed by atoms with Crippen LogP contribution in [0.4, 0.5) is 0 Å². The van der Waals surface area contributed by atoms with Gasteiger partial charge in [-0.3, -0.25) is 9.59 Å². The van der Waals surface area contributed by atoms with Crippen LogP contribution in [0.5, 0.6) is 5.75 Å². The average Bonchev–Trinajstić information content (AvgIpc) is 2.70. The Morgan fingerprint density at radius 2 is 1.89 bits per heavy atom. The summed E-state index contributed by atoms with van der Waals surface area (Å²) >= 11 is 0. The fraction of sp³-hybridized carbons (Fsp3) is 0.529. The van der Waals surface area contributed by atoms with Gasteiger partial charge in [-0.15, -0.1) is 0 Å². The molecule has 2 amide bonds. The van der Waals surface area contributed by atoms with Gasteiger partial charge < -0.3 is 20.1 Å². The predicted octanol–water partition coefficient (Wildman–Crippen LogP) is 0.0747. The fourth-order valence-electron chi connectivity index (χ4n) is 2.56. The molecule has 0 bridgehead atoms. The Kier molecular flexibility index (Phi) is 7.57. The minimum Gasteiger partial charge on any atom is -0.497 e. The van der Waals surface area contributed by atoms with E-state index in [0.717, 1.165) is 0 Å². The summed E-state index contributed by atoms with van der Waals surface area (Å²) < 4.78 is 37.6. The number of amides is 2. The number of hydrogen-bond donors (Lipinski definition) is 2. The zero-order chi connectivity index (χ0) is 19.9. The maximum absolute atomic E-state index is 12.9. The Labute approximate surface area is 159 Å². The van der Waals surface area contributed by atoms with E-state index in [1.54, 1.807) is 12.1 Å². The van der Waals surface area contributed by atoms with Crippen LogP contribution in [-0.2, 0) is 24.3 Å². The van der Waals surface area contributed by atoms with Crippen LogP contribution >= 0.6 is 0 Å². The summed E-state index contributed by atoms with van der Waals surface area (Å²) in [4.78, 5) is 23.6. The molecule has 0 unspecified atom stereocenters. The minimum absolute atomic E-state index is 0.103. The molecule has 0 saturated carbocycles. The molecule has 1 aromatic rings. The first-order valence-corrected chi connectivity index (χ1v) is 10.2. The highest BCUT2D eigenvalue weighted by Crippen LogP contribution is 2.23. The van der Waals surface area contributed by atoms with Crippen molar-refractivity contribution in [1.82, 2.24) is 14.9 Å². The van der Waals surface area contributed by atoms with Gasteiger partial charge in [-0.25, -0.2) is 8.42 Å². The monoisotopic (exact) mass is 399 g/mol. The Morgan fingerprint density at radius 1 is 1.22 bits per heavy atom. The number of carbonyl (C=O) groups excluding carboxylic acids is 2. The average molecular weight is 399 g/mol. The van der Waals surface area contributed by atoms with Gasteiger partial charge in [0.15, 0.2) is 0 Å². The summed E-state index contributed by atoms with van der Waals surface area (Å²) in [6, 6.07) is 6.03. The van der Waals surface area contributed by atoms with Crippen LogP contribution < -0.4 is 15.4 Å². The number of rotatable bonds is 7. The van der Waals surface area contributed by atoms with E-state index in [-0.39, 0.29) is 18.0 Å². The number of methoxy groups -OCH3 is 1. The highest BCUT2D eigenvalue weighted by atomic mass is 32.2. The molecule has 9 nitrogen and oxygen atoms in total. The van der Waals surface area contributed by atoms with E-state index in [0.29, 0.717) is 31.7 Å². The maximum atomic E-state index is 12.9. The second-order valence-corrected chi connectivity index (χ2v) is 7.83. The van der Waals surface area contributed by atoms with E-state index in [4.69, 9.17) is 9.47 Å². The van der Waals surface area contributed by atoms with E-state index in [1.807, 2.05) is 6.92 Å². The van der Waals surface area contributed by atoms with Crippen molar-refractivity contribution >= 4 is 21.8 Å². The first kappa shape index (κ1) is 21.1. The number of nitrogens with one attached hydrogen (secondary N) is 2. The van der Waals surface area contributed by atoms with Crippen molar-refractivity contribution in [3.05, 3.63) is 24.3 Å². The van der Waals surface area contributed by atoms with Gasteiger partial charge in [0, 0.05) is 13.1 Å². The van der Waals surface area contributed by atoms with Gasteiger partial charge in [0.05, 0.1) is 25.2 Å². The number of carbonyl (C=O) groups is 2. The van der Waals surface area contributed by atoms with Crippen LogP contribution in [0.2, 0.25) is 0 Å². The molecule has 2 N–H and O–H groups in total. The molecule has 10 heteroatoms. The van der Waals surface area contributed by atoms with Gasteiger partial charge in [0.2, 0.25) is 10.0 Å². The summed E-state index contributed by atoms with van der Waals surface area (Å²) in [6.45, 7) is 2.78. The molecular formula is C17H25N3O6S. The highest BCUT2D eigenvalue weighted by molar-refractivity contribution is 7.89. The molecule has 0 aliphatic carbocycles. The molecule has 1 fully saturated rings. The fourth-order valence-corrected chi connectivity index (χ4v) is 4.13. The van der Waals surface area contributed by atoms with Crippen LogP contribution in [0.3, 0.4) is 0 Å². The lowest BCUT2D eigenvalue weighted by Crippen LogP contribution is -2.53. The molecule has 1 heterocycles. The Balaban J connectivity index is 2.07. The second kappa shape index (κ2) is 9.67. The molecule has 2 rings (SSSR count). The van der Waals surface area contributed by atoms with Crippen molar-refractivity contribution in [2.75, 3.05) is 33.4 Å². The molecule has 1 saturated heterocycles. The van der Waals surface area contributed by atoms with Crippen molar-refractivity contribution in [1.29, 1.82) is 0 Å². The molecule has 1 aliphatic heterocycles. The summed E-state index contributed by atoms with van der Waals surface area (Å²) in [6.07, 6.45) is 0.365. The molecule has 1 aliphatic rings. The van der Waals surface area contributed by atoms with E-state index in [2.05, 4.69) is 10.6 Å². The molecule has 150 valence electrons. The maximum Gasteiger partial charge on any atom is 0.309 e. The largest absolute Gasteiger partial charge is 0.497 e. The molecule has 1 atom stereocenters. The zero-order valence-corrected chi connectivity index (χ0v) is 16.3.